The lowest BCUT2D eigenvalue weighted by molar-refractivity contribution is -0.143. The standard InChI is InChI=1S/C39H44F6N14O6S5/c1-19-16-58(69(62,63)21-10-52-57(5)18-21)8-6-24(19)53-34-50-11-22(38(40,41)42)29(55-34)26-13-47-31(66-26)36(3,60)37(4,61)32-48-14-27(67-32)30-23(39(43,44)45)12-51-35(56-30)54-25-7-9-59(17-20(25)2)70(64,65)28-15-49-33(46)68-28/h10-15,18-20,24-25,60-61H,6-9,16-17H2,1-5H3,(H2,46,49)(H,50,53,55)(H,51,54,56)/t19-,20-,24+,25+,36?,37?/m1/s1. The molecule has 2 aliphatic heterocycles. The summed E-state index contributed by atoms with van der Waals surface area (Å²) in [5.74, 6) is -1.10. The van der Waals surface area contributed by atoms with Crippen LogP contribution in [0.5, 0.6) is 0 Å². The van der Waals surface area contributed by atoms with E-state index in [0.717, 1.165) is 37.6 Å². The third-order valence-corrected chi connectivity index (χ3v) is 19.6. The summed E-state index contributed by atoms with van der Waals surface area (Å²) in [5.41, 5.74) is -2.91. The Morgan fingerprint density at radius 1 is 0.671 bits per heavy atom. The lowest BCUT2D eigenvalue weighted by Crippen LogP contribution is -2.47. The Hall–Kier alpha value is -5.02. The molecule has 6 aromatic rings. The van der Waals surface area contributed by atoms with E-state index in [1.807, 2.05) is 0 Å². The van der Waals surface area contributed by atoms with E-state index in [0.29, 0.717) is 35.1 Å². The van der Waals surface area contributed by atoms with Gasteiger partial charge in [-0.15, -0.1) is 22.7 Å². The molecule has 20 nitrogen and oxygen atoms in total. The molecule has 70 heavy (non-hydrogen) atoms. The Morgan fingerprint density at radius 3 is 1.51 bits per heavy atom. The molecule has 2 saturated heterocycles. The molecule has 2 aliphatic rings. The van der Waals surface area contributed by atoms with Crippen LogP contribution in [0.4, 0.5) is 43.4 Å². The van der Waals surface area contributed by atoms with Gasteiger partial charge in [-0.3, -0.25) is 4.68 Å². The van der Waals surface area contributed by atoms with Crippen molar-refractivity contribution in [2.45, 2.75) is 85.3 Å². The average molecular weight is 1080 g/mol. The zero-order valence-corrected chi connectivity index (χ0v) is 41.5. The first-order chi connectivity index (χ1) is 32.6. The molecule has 0 radical (unpaired) electrons. The molecule has 2 fully saturated rings. The lowest BCUT2D eigenvalue weighted by atomic mass is 9.87. The summed E-state index contributed by atoms with van der Waals surface area (Å²) < 4.78 is 143. The number of alkyl halides is 6. The van der Waals surface area contributed by atoms with Crippen LogP contribution in [-0.4, -0.2) is 119 Å². The van der Waals surface area contributed by atoms with Crippen LogP contribution in [0.1, 0.15) is 61.7 Å². The predicted molar refractivity (Wildman–Crippen MR) is 245 cm³/mol. The lowest BCUT2D eigenvalue weighted by Gasteiger charge is -2.36. The molecule has 8 rings (SSSR count). The van der Waals surface area contributed by atoms with Crippen LogP contribution in [0, 0.1) is 11.8 Å². The molecule has 8 heterocycles. The fraction of sp³-hybridized carbons (Fsp3) is 0.487. The van der Waals surface area contributed by atoms with E-state index in [1.54, 1.807) is 20.9 Å². The number of hydrogen-bond acceptors (Lipinski definition) is 20. The van der Waals surface area contributed by atoms with E-state index in [9.17, 15) is 53.4 Å². The summed E-state index contributed by atoms with van der Waals surface area (Å²) in [6.07, 6.45) is -2.40. The third-order valence-electron chi connectivity index (χ3n) is 12.2. The normalized spacial score (nSPS) is 21.8. The van der Waals surface area contributed by atoms with Gasteiger partial charge in [0.2, 0.25) is 21.9 Å². The van der Waals surface area contributed by atoms with Gasteiger partial charge >= 0.3 is 12.4 Å². The van der Waals surface area contributed by atoms with E-state index in [2.05, 4.69) is 50.6 Å². The second kappa shape index (κ2) is 18.5. The number of halogens is 6. The molecule has 378 valence electrons. The Balaban J connectivity index is 1.01. The molecule has 6 N–H and O–H groups in total. The maximum Gasteiger partial charge on any atom is 0.420 e. The largest absolute Gasteiger partial charge is 0.420 e. The minimum absolute atomic E-state index is 0.0218. The minimum Gasteiger partial charge on any atom is -0.379 e. The highest BCUT2D eigenvalue weighted by Gasteiger charge is 2.50. The van der Waals surface area contributed by atoms with E-state index in [-0.39, 0.29) is 96.8 Å². The van der Waals surface area contributed by atoms with Crippen LogP contribution in [-0.2, 0) is 50.6 Å². The first kappa shape index (κ1) is 51.3. The smallest absolute Gasteiger partial charge is 0.379 e. The molecule has 0 bridgehead atoms. The zero-order chi connectivity index (χ0) is 50.9. The number of piperidine rings is 2. The Labute approximate surface area is 408 Å². The average Bonchev–Trinajstić information content (AvgIpc) is 4.13. The van der Waals surface area contributed by atoms with Gasteiger partial charge in [0, 0.05) is 76.3 Å². The van der Waals surface area contributed by atoms with Gasteiger partial charge in [-0.1, -0.05) is 25.2 Å². The fourth-order valence-corrected chi connectivity index (χ4v) is 14.2. The Kier molecular flexibility index (Phi) is 13.6. The molecular formula is C39H44F6N14O6S5. The van der Waals surface area contributed by atoms with Gasteiger partial charge in [0.25, 0.3) is 10.0 Å². The number of thiazole rings is 3. The molecule has 0 aliphatic carbocycles. The molecule has 0 spiro atoms. The summed E-state index contributed by atoms with van der Waals surface area (Å²) in [4.78, 5) is 28.0. The third kappa shape index (κ3) is 9.94. The number of nitrogens with one attached hydrogen (secondary N) is 2. The Bertz CT molecular complexity index is 2920. The fourth-order valence-electron chi connectivity index (χ4n) is 7.94. The number of nitrogens with two attached hydrogens (primary N) is 1. The van der Waals surface area contributed by atoms with Crippen LogP contribution in [0.2, 0.25) is 0 Å². The maximum atomic E-state index is 14.5. The molecule has 6 atom stereocenters. The maximum absolute atomic E-state index is 14.5. The van der Waals surface area contributed by atoms with Crippen LogP contribution < -0.4 is 16.4 Å². The van der Waals surface area contributed by atoms with Crippen molar-refractivity contribution in [3.63, 3.8) is 0 Å². The second-order valence-corrected chi connectivity index (χ2v) is 24.5. The first-order valence-corrected chi connectivity index (χ1v) is 26.4. The number of aryl methyl sites for hydroxylation is 1. The van der Waals surface area contributed by atoms with Gasteiger partial charge in [-0.25, -0.2) is 51.7 Å². The van der Waals surface area contributed by atoms with Crippen molar-refractivity contribution in [1.82, 2.24) is 53.3 Å². The number of rotatable bonds is 13. The minimum atomic E-state index is -4.96. The molecular weight excluding hydrogens is 1030 g/mol. The number of sulfonamides is 2. The summed E-state index contributed by atoms with van der Waals surface area (Å²) in [7, 11) is -6.17. The van der Waals surface area contributed by atoms with Crippen LogP contribution >= 0.6 is 34.0 Å². The number of anilines is 3. The molecule has 31 heteroatoms. The number of hydrogen-bond donors (Lipinski definition) is 5. The van der Waals surface area contributed by atoms with Crippen LogP contribution in [0.3, 0.4) is 0 Å². The van der Waals surface area contributed by atoms with Crippen molar-refractivity contribution in [3.8, 4) is 21.1 Å². The van der Waals surface area contributed by atoms with Crippen LogP contribution in [0.25, 0.3) is 21.1 Å². The number of aliphatic hydroxyl groups is 2. The highest BCUT2D eigenvalue weighted by atomic mass is 32.2. The second-order valence-electron chi connectivity index (χ2n) is 17.2. The van der Waals surface area contributed by atoms with Crippen molar-refractivity contribution in [1.29, 1.82) is 0 Å². The number of nitrogen functional groups attached to an aromatic ring is 1. The van der Waals surface area contributed by atoms with Crippen molar-refractivity contribution < 1.29 is 53.4 Å². The highest BCUT2D eigenvalue weighted by molar-refractivity contribution is 7.91. The van der Waals surface area contributed by atoms with Crippen LogP contribution in [0.15, 0.2) is 52.5 Å². The monoisotopic (exact) mass is 1080 g/mol. The summed E-state index contributed by atoms with van der Waals surface area (Å²) in [6, 6.07) is -0.912. The summed E-state index contributed by atoms with van der Waals surface area (Å²) in [6.45, 7) is 6.07. The Morgan fingerprint density at radius 2 is 1.13 bits per heavy atom. The predicted octanol–water partition coefficient (Wildman–Crippen LogP) is 5.46. The van der Waals surface area contributed by atoms with E-state index >= 15 is 0 Å². The summed E-state index contributed by atoms with van der Waals surface area (Å²) in [5, 5.41) is 33.4. The van der Waals surface area contributed by atoms with Gasteiger partial charge in [-0.2, -0.15) is 40.1 Å². The molecule has 0 amide bonds. The quantitative estimate of drug-likeness (QED) is 0.0898. The molecule has 0 aromatic carbocycles. The number of nitrogens with zero attached hydrogens (tertiary/aromatic N) is 11. The van der Waals surface area contributed by atoms with Crippen molar-refractivity contribution in [2.75, 3.05) is 42.5 Å². The zero-order valence-electron chi connectivity index (χ0n) is 37.4. The first-order valence-electron chi connectivity index (χ1n) is 21.1. The summed E-state index contributed by atoms with van der Waals surface area (Å²) >= 11 is 1.96. The van der Waals surface area contributed by atoms with Gasteiger partial charge in [-0.05, 0) is 38.5 Å². The van der Waals surface area contributed by atoms with Gasteiger partial charge in [0.1, 0.15) is 37.2 Å². The van der Waals surface area contributed by atoms with Gasteiger partial charge in [0.05, 0.1) is 33.5 Å². The van der Waals surface area contributed by atoms with Crippen molar-refractivity contribution >= 4 is 71.1 Å². The number of aromatic nitrogens is 9. The molecule has 0 saturated carbocycles. The van der Waals surface area contributed by atoms with Crippen molar-refractivity contribution in [2.24, 2.45) is 18.9 Å². The highest BCUT2D eigenvalue weighted by Crippen LogP contribution is 2.48. The molecule has 2 unspecified atom stereocenters. The van der Waals surface area contributed by atoms with E-state index < -0.39 is 78.2 Å². The van der Waals surface area contributed by atoms with Gasteiger partial charge < -0.3 is 26.6 Å². The van der Waals surface area contributed by atoms with E-state index in [4.69, 9.17) is 5.73 Å². The van der Waals surface area contributed by atoms with Gasteiger partial charge in [0.15, 0.2) is 9.34 Å². The van der Waals surface area contributed by atoms with Crippen molar-refractivity contribution in [3.05, 3.63) is 64.5 Å². The topological polar surface area (TPSA) is 273 Å². The SMILES string of the molecule is C[C@@H]1CN(S(=O)(=O)c2cnn(C)c2)CC[C@@H]1Nc1ncc(C(F)(F)F)c(-c2cnc(C(C)(O)C(C)(O)c3ncc(-c4nc(N[C@H]5CCN(S(=O)(=O)c6cnc(N)s6)C[C@H]5C)ncc4C(F)(F)F)s3)s2)n1. The molecule has 6 aromatic heterocycles. The van der Waals surface area contributed by atoms with E-state index in [1.165, 1.54) is 31.9 Å².